The lowest BCUT2D eigenvalue weighted by atomic mass is 9.95. The van der Waals surface area contributed by atoms with Gasteiger partial charge in [-0.2, -0.15) is 13.2 Å². The smallest absolute Gasteiger partial charge is 0.396 e. The normalized spacial score (nSPS) is 12.6. The number of nitrogens with two attached hydrogens (primary N) is 1. The third-order valence-corrected chi connectivity index (χ3v) is 3.70. The van der Waals surface area contributed by atoms with Crippen molar-refractivity contribution in [2.75, 3.05) is 12.3 Å². The monoisotopic (exact) mass is 336 g/mol. The number of carbonyl (C=O) groups excluding carboxylic acids is 1. The summed E-state index contributed by atoms with van der Waals surface area (Å²) in [6, 6.07) is 14.6. The molecule has 1 atom stereocenters. The van der Waals surface area contributed by atoms with E-state index in [1.807, 2.05) is 12.1 Å². The molecule has 1 unspecified atom stereocenters. The van der Waals surface area contributed by atoms with E-state index in [0.717, 1.165) is 5.56 Å². The maximum atomic E-state index is 13.2. The first-order valence-corrected chi connectivity index (χ1v) is 7.59. The van der Waals surface area contributed by atoms with Gasteiger partial charge in [0, 0.05) is 18.7 Å². The van der Waals surface area contributed by atoms with Gasteiger partial charge in [-0.1, -0.05) is 42.5 Å². The Hall–Kier alpha value is -2.50. The van der Waals surface area contributed by atoms with Crippen LogP contribution in [-0.2, 0) is 11.2 Å². The van der Waals surface area contributed by atoms with Crippen LogP contribution in [0.4, 0.5) is 18.9 Å². The fourth-order valence-electron chi connectivity index (χ4n) is 2.40. The highest BCUT2D eigenvalue weighted by molar-refractivity contribution is 5.77. The fourth-order valence-corrected chi connectivity index (χ4v) is 2.40. The SMILES string of the molecule is Nc1ccc(CCNC(=O)CC(c2ccccc2)C(F)(F)F)cc1. The highest BCUT2D eigenvalue weighted by Gasteiger charge is 2.41. The van der Waals surface area contributed by atoms with Gasteiger partial charge in [0.15, 0.2) is 0 Å². The van der Waals surface area contributed by atoms with Crippen LogP contribution in [-0.4, -0.2) is 18.6 Å². The fraction of sp³-hybridized carbons (Fsp3) is 0.278. The van der Waals surface area contributed by atoms with Gasteiger partial charge in [0.1, 0.15) is 0 Å². The van der Waals surface area contributed by atoms with Gasteiger partial charge in [-0.05, 0) is 29.7 Å². The molecule has 0 aromatic heterocycles. The summed E-state index contributed by atoms with van der Waals surface area (Å²) < 4.78 is 39.6. The van der Waals surface area contributed by atoms with Crippen LogP contribution in [0.5, 0.6) is 0 Å². The number of nitrogens with one attached hydrogen (secondary N) is 1. The maximum absolute atomic E-state index is 13.2. The molecule has 0 fully saturated rings. The Morgan fingerprint density at radius 2 is 1.67 bits per heavy atom. The third kappa shape index (κ3) is 5.30. The minimum Gasteiger partial charge on any atom is -0.399 e. The summed E-state index contributed by atoms with van der Waals surface area (Å²) in [5.41, 5.74) is 7.27. The van der Waals surface area contributed by atoms with Crippen molar-refractivity contribution in [1.82, 2.24) is 5.32 Å². The zero-order valence-corrected chi connectivity index (χ0v) is 13.0. The molecule has 128 valence electrons. The number of amides is 1. The molecule has 0 aliphatic heterocycles. The summed E-state index contributed by atoms with van der Waals surface area (Å²) in [6.45, 7) is 0.280. The second-order valence-electron chi connectivity index (χ2n) is 5.55. The minimum atomic E-state index is -4.46. The summed E-state index contributed by atoms with van der Waals surface area (Å²) in [7, 11) is 0. The average molecular weight is 336 g/mol. The van der Waals surface area contributed by atoms with Crippen molar-refractivity contribution in [2.24, 2.45) is 0 Å². The number of alkyl halides is 3. The molecule has 2 aromatic carbocycles. The van der Waals surface area contributed by atoms with E-state index in [1.54, 1.807) is 18.2 Å². The van der Waals surface area contributed by atoms with Gasteiger partial charge in [0.25, 0.3) is 0 Å². The van der Waals surface area contributed by atoms with Crippen molar-refractivity contribution < 1.29 is 18.0 Å². The molecule has 3 N–H and O–H groups in total. The highest BCUT2D eigenvalue weighted by Crippen LogP contribution is 2.37. The van der Waals surface area contributed by atoms with E-state index in [9.17, 15) is 18.0 Å². The standard InChI is InChI=1S/C18H19F3N2O/c19-18(20,21)16(14-4-2-1-3-5-14)12-17(24)23-11-10-13-6-8-15(22)9-7-13/h1-9,16H,10-12,22H2,(H,23,24). The lowest BCUT2D eigenvalue weighted by molar-refractivity contribution is -0.157. The summed E-state index contributed by atoms with van der Waals surface area (Å²) in [5, 5.41) is 2.55. The Labute approximate surface area is 138 Å². The zero-order chi connectivity index (χ0) is 17.6. The molecular formula is C18H19F3N2O. The molecular weight excluding hydrogens is 317 g/mol. The van der Waals surface area contributed by atoms with Gasteiger partial charge in [0.05, 0.1) is 5.92 Å². The maximum Gasteiger partial charge on any atom is 0.396 e. The Morgan fingerprint density at radius 1 is 1.04 bits per heavy atom. The van der Waals surface area contributed by atoms with Crippen LogP contribution in [0.2, 0.25) is 0 Å². The van der Waals surface area contributed by atoms with Gasteiger partial charge >= 0.3 is 6.18 Å². The summed E-state index contributed by atoms with van der Waals surface area (Å²) in [5.74, 6) is -2.41. The molecule has 3 nitrogen and oxygen atoms in total. The molecule has 0 heterocycles. The molecule has 0 aliphatic carbocycles. The number of nitrogen functional groups attached to an aromatic ring is 1. The Kier molecular flexibility index (Phi) is 5.84. The zero-order valence-electron chi connectivity index (χ0n) is 13.0. The van der Waals surface area contributed by atoms with Crippen molar-refractivity contribution in [3.63, 3.8) is 0 Å². The number of hydrogen-bond acceptors (Lipinski definition) is 2. The van der Waals surface area contributed by atoms with Gasteiger partial charge in [-0.25, -0.2) is 0 Å². The van der Waals surface area contributed by atoms with Crippen LogP contribution in [0, 0.1) is 0 Å². The lowest BCUT2D eigenvalue weighted by Crippen LogP contribution is -2.31. The number of hydrogen-bond donors (Lipinski definition) is 2. The van der Waals surface area contributed by atoms with E-state index in [1.165, 1.54) is 24.3 Å². The molecule has 0 saturated carbocycles. The largest absolute Gasteiger partial charge is 0.399 e. The van der Waals surface area contributed by atoms with E-state index in [2.05, 4.69) is 5.32 Å². The minimum absolute atomic E-state index is 0.0960. The van der Waals surface area contributed by atoms with Crippen molar-refractivity contribution >= 4 is 11.6 Å². The molecule has 0 spiro atoms. The Balaban J connectivity index is 1.90. The second-order valence-corrected chi connectivity index (χ2v) is 5.55. The van der Waals surface area contributed by atoms with Gasteiger partial charge in [-0.3, -0.25) is 4.79 Å². The first kappa shape index (κ1) is 17.8. The number of anilines is 1. The number of rotatable bonds is 6. The van der Waals surface area contributed by atoms with Crippen LogP contribution in [0.3, 0.4) is 0 Å². The van der Waals surface area contributed by atoms with E-state index in [-0.39, 0.29) is 12.1 Å². The Bertz CT molecular complexity index is 654. The second kappa shape index (κ2) is 7.86. The molecule has 2 aromatic rings. The van der Waals surface area contributed by atoms with Crippen LogP contribution >= 0.6 is 0 Å². The molecule has 2 rings (SSSR count). The molecule has 6 heteroatoms. The van der Waals surface area contributed by atoms with E-state index in [4.69, 9.17) is 5.73 Å². The van der Waals surface area contributed by atoms with Crippen LogP contribution in [0.1, 0.15) is 23.5 Å². The number of benzene rings is 2. The predicted octanol–water partition coefficient (Wildman–Crippen LogP) is 3.66. The third-order valence-electron chi connectivity index (χ3n) is 3.70. The molecule has 0 radical (unpaired) electrons. The van der Waals surface area contributed by atoms with Gasteiger partial charge in [-0.15, -0.1) is 0 Å². The van der Waals surface area contributed by atoms with Gasteiger partial charge in [0.2, 0.25) is 5.91 Å². The molecule has 0 aliphatic rings. The lowest BCUT2D eigenvalue weighted by Gasteiger charge is -2.20. The van der Waals surface area contributed by atoms with Crippen molar-refractivity contribution in [3.8, 4) is 0 Å². The van der Waals surface area contributed by atoms with E-state index >= 15 is 0 Å². The topological polar surface area (TPSA) is 55.1 Å². The molecule has 24 heavy (non-hydrogen) atoms. The van der Waals surface area contributed by atoms with Crippen LogP contribution < -0.4 is 11.1 Å². The highest BCUT2D eigenvalue weighted by atomic mass is 19.4. The quantitative estimate of drug-likeness (QED) is 0.791. The molecule has 0 saturated heterocycles. The number of halogens is 3. The summed E-state index contributed by atoms with van der Waals surface area (Å²) >= 11 is 0. The van der Waals surface area contributed by atoms with Crippen molar-refractivity contribution in [3.05, 3.63) is 65.7 Å². The first-order valence-electron chi connectivity index (χ1n) is 7.59. The van der Waals surface area contributed by atoms with Gasteiger partial charge < -0.3 is 11.1 Å². The predicted molar refractivity (Wildman–Crippen MR) is 87.4 cm³/mol. The number of carbonyl (C=O) groups is 1. The Morgan fingerprint density at radius 3 is 2.25 bits per heavy atom. The van der Waals surface area contributed by atoms with E-state index < -0.39 is 24.4 Å². The van der Waals surface area contributed by atoms with Crippen LogP contribution in [0.25, 0.3) is 0 Å². The summed E-state index contributed by atoms with van der Waals surface area (Å²) in [6.07, 6.45) is -4.54. The van der Waals surface area contributed by atoms with Crippen LogP contribution in [0.15, 0.2) is 54.6 Å². The summed E-state index contributed by atoms with van der Waals surface area (Å²) in [4.78, 5) is 11.9. The van der Waals surface area contributed by atoms with Crippen molar-refractivity contribution in [2.45, 2.75) is 24.9 Å². The molecule has 0 bridgehead atoms. The van der Waals surface area contributed by atoms with Crippen molar-refractivity contribution in [1.29, 1.82) is 0 Å². The first-order chi connectivity index (χ1) is 11.4. The van der Waals surface area contributed by atoms with E-state index in [0.29, 0.717) is 12.1 Å². The average Bonchev–Trinajstić information content (AvgIpc) is 2.54. The molecule has 1 amide bonds.